The van der Waals surface area contributed by atoms with Gasteiger partial charge in [-0.1, -0.05) is 35.0 Å². The number of piperazine rings is 1. The van der Waals surface area contributed by atoms with Crippen molar-refractivity contribution in [2.45, 2.75) is 19.8 Å². The predicted octanol–water partition coefficient (Wildman–Crippen LogP) is 2.12. The Morgan fingerprint density at radius 3 is 2.50 bits per heavy atom. The van der Waals surface area contributed by atoms with E-state index in [9.17, 15) is 4.79 Å². The van der Waals surface area contributed by atoms with Crippen molar-refractivity contribution in [1.29, 1.82) is 0 Å². The van der Waals surface area contributed by atoms with E-state index in [4.69, 9.17) is 4.52 Å². The Kier molecular flexibility index (Phi) is 5.27. The molecular formula is C20H22N6O2. The van der Waals surface area contributed by atoms with Gasteiger partial charge in [-0.2, -0.15) is 4.98 Å². The molecule has 0 spiro atoms. The summed E-state index contributed by atoms with van der Waals surface area (Å²) in [5.41, 5.74) is 2.09. The van der Waals surface area contributed by atoms with E-state index in [1.165, 1.54) is 5.56 Å². The third kappa shape index (κ3) is 4.16. The molecule has 0 atom stereocenters. The van der Waals surface area contributed by atoms with Crippen LogP contribution in [0.3, 0.4) is 0 Å². The number of anilines is 1. The second-order valence-corrected chi connectivity index (χ2v) is 6.79. The minimum atomic E-state index is 0.101. The molecule has 28 heavy (non-hydrogen) atoms. The molecule has 1 aromatic carbocycles. The van der Waals surface area contributed by atoms with Crippen LogP contribution >= 0.6 is 0 Å². The summed E-state index contributed by atoms with van der Waals surface area (Å²) in [4.78, 5) is 29.4. The van der Waals surface area contributed by atoms with Crippen LogP contribution in [-0.4, -0.2) is 57.1 Å². The topological polar surface area (TPSA) is 88.3 Å². The smallest absolute Gasteiger partial charge is 0.227 e. The number of rotatable bonds is 5. The molecule has 0 bridgehead atoms. The van der Waals surface area contributed by atoms with E-state index in [1.807, 2.05) is 36.1 Å². The zero-order valence-electron chi connectivity index (χ0n) is 15.8. The minimum Gasteiger partial charge on any atom is -0.339 e. The van der Waals surface area contributed by atoms with Crippen molar-refractivity contribution < 1.29 is 9.32 Å². The number of carbonyl (C=O) groups excluding carboxylic acids is 1. The summed E-state index contributed by atoms with van der Waals surface area (Å²) < 4.78 is 5.31. The van der Waals surface area contributed by atoms with Gasteiger partial charge in [0.15, 0.2) is 0 Å². The predicted molar refractivity (Wildman–Crippen MR) is 104 cm³/mol. The molecule has 0 radical (unpaired) electrons. The van der Waals surface area contributed by atoms with Crippen LogP contribution in [0.2, 0.25) is 0 Å². The molecular weight excluding hydrogens is 356 g/mol. The van der Waals surface area contributed by atoms with Crippen LogP contribution in [0.25, 0.3) is 11.4 Å². The van der Waals surface area contributed by atoms with Gasteiger partial charge in [0.1, 0.15) is 0 Å². The fraction of sp³-hybridized carbons (Fsp3) is 0.350. The number of amides is 1. The van der Waals surface area contributed by atoms with E-state index in [-0.39, 0.29) is 5.91 Å². The molecule has 3 heterocycles. The van der Waals surface area contributed by atoms with E-state index in [0.717, 1.165) is 18.7 Å². The molecule has 144 valence electrons. The molecule has 0 unspecified atom stereocenters. The molecule has 1 amide bonds. The van der Waals surface area contributed by atoms with Crippen LogP contribution in [0.5, 0.6) is 0 Å². The zero-order chi connectivity index (χ0) is 19.3. The average Bonchev–Trinajstić information content (AvgIpc) is 3.22. The zero-order valence-corrected chi connectivity index (χ0v) is 15.8. The summed E-state index contributed by atoms with van der Waals surface area (Å²) >= 11 is 0. The first-order valence-corrected chi connectivity index (χ1v) is 9.38. The van der Waals surface area contributed by atoms with Gasteiger partial charge in [-0.15, -0.1) is 0 Å². The highest BCUT2D eigenvalue weighted by molar-refractivity contribution is 5.76. The van der Waals surface area contributed by atoms with E-state index < -0.39 is 0 Å². The molecule has 2 aromatic heterocycles. The van der Waals surface area contributed by atoms with E-state index in [2.05, 4.69) is 25.0 Å². The maximum atomic E-state index is 12.5. The third-order valence-electron chi connectivity index (χ3n) is 4.80. The molecule has 0 N–H and O–H groups in total. The number of hydrogen-bond donors (Lipinski definition) is 0. The van der Waals surface area contributed by atoms with E-state index in [0.29, 0.717) is 43.6 Å². The highest BCUT2D eigenvalue weighted by Crippen LogP contribution is 2.17. The number of nitrogens with zero attached hydrogens (tertiary/aromatic N) is 6. The van der Waals surface area contributed by atoms with Crippen LogP contribution in [0.1, 0.15) is 17.9 Å². The first kappa shape index (κ1) is 18.1. The van der Waals surface area contributed by atoms with Gasteiger partial charge in [0.25, 0.3) is 0 Å². The van der Waals surface area contributed by atoms with Crippen molar-refractivity contribution >= 4 is 11.9 Å². The summed E-state index contributed by atoms with van der Waals surface area (Å²) in [5, 5.41) is 4.02. The van der Waals surface area contributed by atoms with Crippen LogP contribution < -0.4 is 4.90 Å². The van der Waals surface area contributed by atoms with Crippen LogP contribution in [-0.2, 0) is 11.2 Å². The highest BCUT2D eigenvalue weighted by atomic mass is 16.5. The lowest BCUT2D eigenvalue weighted by Crippen LogP contribution is -2.49. The van der Waals surface area contributed by atoms with Crippen molar-refractivity contribution in [2.75, 3.05) is 31.1 Å². The fourth-order valence-electron chi connectivity index (χ4n) is 3.16. The number of hydrogen-bond acceptors (Lipinski definition) is 7. The lowest BCUT2D eigenvalue weighted by Gasteiger charge is -2.34. The standard InChI is InChI=1S/C20H22N6O2/c1-15-3-5-16(6-4-15)19-23-17(28-24-19)7-8-18(27)25-11-13-26(14-12-25)20-21-9-2-10-22-20/h2-6,9-10H,7-8,11-14H2,1H3. The number of aromatic nitrogens is 4. The van der Waals surface area contributed by atoms with E-state index >= 15 is 0 Å². The van der Waals surface area contributed by atoms with Gasteiger partial charge in [-0.05, 0) is 13.0 Å². The molecule has 1 aliphatic heterocycles. The highest BCUT2D eigenvalue weighted by Gasteiger charge is 2.22. The second kappa shape index (κ2) is 8.16. The molecule has 1 saturated heterocycles. The van der Waals surface area contributed by atoms with E-state index in [1.54, 1.807) is 18.5 Å². The maximum absolute atomic E-state index is 12.5. The third-order valence-corrected chi connectivity index (χ3v) is 4.80. The minimum absolute atomic E-state index is 0.101. The first-order chi connectivity index (χ1) is 13.7. The second-order valence-electron chi connectivity index (χ2n) is 6.79. The summed E-state index contributed by atoms with van der Waals surface area (Å²) in [5.74, 6) is 1.85. The Morgan fingerprint density at radius 2 is 1.79 bits per heavy atom. The van der Waals surface area contributed by atoms with Gasteiger partial charge in [0, 0.05) is 57.0 Å². The number of carbonyl (C=O) groups is 1. The van der Waals surface area contributed by atoms with Gasteiger partial charge in [-0.3, -0.25) is 4.79 Å². The monoisotopic (exact) mass is 378 g/mol. The molecule has 0 aliphatic carbocycles. The molecule has 3 aromatic rings. The molecule has 0 saturated carbocycles. The lowest BCUT2D eigenvalue weighted by atomic mass is 10.1. The van der Waals surface area contributed by atoms with Crippen molar-refractivity contribution in [1.82, 2.24) is 25.0 Å². The van der Waals surface area contributed by atoms with Crippen LogP contribution in [0, 0.1) is 6.92 Å². The Hall–Kier alpha value is -3.29. The van der Waals surface area contributed by atoms with Crippen molar-refractivity contribution in [3.05, 3.63) is 54.2 Å². The van der Waals surface area contributed by atoms with Gasteiger partial charge in [0.2, 0.25) is 23.6 Å². The fourth-order valence-corrected chi connectivity index (χ4v) is 3.16. The Labute approximate surface area is 163 Å². The van der Waals surface area contributed by atoms with Gasteiger partial charge in [-0.25, -0.2) is 9.97 Å². The van der Waals surface area contributed by atoms with Crippen molar-refractivity contribution in [3.63, 3.8) is 0 Å². The molecule has 1 aliphatic rings. The SMILES string of the molecule is Cc1ccc(-c2noc(CCC(=O)N3CCN(c4ncccn4)CC3)n2)cc1. The summed E-state index contributed by atoms with van der Waals surface area (Å²) in [6.07, 6.45) is 4.27. The Balaban J connectivity index is 1.28. The van der Waals surface area contributed by atoms with Crippen LogP contribution in [0.15, 0.2) is 47.2 Å². The van der Waals surface area contributed by atoms with Gasteiger partial charge < -0.3 is 14.3 Å². The summed E-state index contributed by atoms with van der Waals surface area (Å²) in [6.45, 7) is 4.82. The number of aryl methyl sites for hydroxylation is 2. The lowest BCUT2D eigenvalue weighted by molar-refractivity contribution is -0.131. The molecule has 4 rings (SSSR count). The quantitative estimate of drug-likeness (QED) is 0.672. The normalized spacial score (nSPS) is 14.3. The first-order valence-electron chi connectivity index (χ1n) is 9.38. The van der Waals surface area contributed by atoms with Gasteiger partial charge in [0.05, 0.1) is 0 Å². The largest absolute Gasteiger partial charge is 0.339 e. The van der Waals surface area contributed by atoms with Gasteiger partial charge >= 0.3 is 0 Å². The summed E-state index contributed by atoms with van der Waals surface area (Å²) in [7, 11) is 0. The van der Waals surface area contributed by atoms with Crippen molar-refractivity contribution in [3.8, 4) is 11.4 Å². The summed E-state index contributed by atoms with van der Waals surface area (Å²) in [6, 6.07) is 9.74. The Morgan fingerprint density at radius 1 is 1.07 bits per heavy atom. The van der Waals surface area contributed by atoms with Crippen molar-refractivity contribution in [2.24, 2.45) is 0 Å². The Bertz CT molecular complexity index is 917. The number of benzene rings is 1. The molecule has 1 fully saturated rings. The average molecular weight is 378 g/mol. The van der Waals surface area contributed by atoms with Crippen LogP contribution in [0.4, 0.5) is 5.95 Å². The molecule has 8 nitrogen and oxygen atoms in total. The maximum Gasteiger partial charge on any atom is 0.227 e. The molecule has 8 heteroatoms.